The highest BCUT2D eigenvalue weighted by Gasteiger charge is 2.21. The van der Waals surface area contributed by atoms with Crippen molar-refractivity contribution in [2.75, 3.05) is 26.2 Å². The number of benzene rings is 1. The molecule has 1 saturated heterocycles. The maximum absolute atomic E-state index is 14.8. The summed E-state index contributed by atoms with van der Waals surface area (Å²) in [5.74, 6) is -0.0290. The first-order valence-corrected chi connectivity index (χ1v) is 12.5. The highest BCUT2D eigenvalue weighted by molar-refractivity contribution is 6.04. The van der Waals surface area contributed by atoms with Crippen LogP contribution >= 0.6 is 0 Å². The monoisotopic (exact) mass is 477 g/mol. The molecule has 7 nitrogen and oxygen atoms in total. The van der Waals surface area contributed by atoms with Gasteiger partial charge >= 0.3 is 5.69 Å². The van der Waals surface area contributed by atoms with Crippen molar-refractivity contribution in [2.45, 2.75) is 45.6 Å². The van der Waals surface area contributed by atoms with Crippen LogP contribution in [-0.2, 0) is 7.05 Å². The highest BCUT2D eigenvalue weighted by Crippen LogP contribution is 2.31. The van der Waals surface area contributed by atoms with Gasteiger partial charge in [0.2, 0.25) is 11.8 Å². The fraction of sp³-hybridized carbons (Fsp3) is 0.444. The first-order valence-electron chi connectivity index (χ1n) is 12.5. The lowest BCUT2D eigenvalue weighted by Crippen LogP contribution is -2.31. The van der Waals surface area contributed by atoms with Crippen LogP contribution < -0.4 is 10.4 Å². The topological polar surface area (TPSA) is 65.2 Å². The molecule has 0 unspecified atom stereocenters. The minimum absolute atomic E-state index is 0.118. The van der Waals surface area contributed by atoms with E-state index in [0.717, 1.165) is 29.5 Å². The summed E-state index contributed by atoms with van der Waals surface area (Å²) < 4.78 is 23.6. The van der Waals surface area contributed by atoms with Gasteiger partial charge in [0.25, 0.3) is 0 Å². The molecule has 0 amide bonds. The lowest BCUT2D eigenvalue weighted by molar-refractivity contribution is 0.203. The summed E-state index contributed by atoms with van der Waals surface area (Å²) in [6.45, 7) is 7.95. The van der Waals surface area contributed by atoms with Crippen LogP contribution in [0.1, 0.15) is 45.6 Å². The lowest BCUT2D eigenvalue weighted by atomic mass is 10.0. The number of rotatable bonds is 7. The molecule has 1 aliphatic rings. The number of pyridine rings is 2. The van der Waals surface area contributed by atoms with Gasteiger partial charge in [-0.05, 0) is 70.0 Å². The van der Waals surface area contributed by atoms with Crippen molar-refractivity contribution >= 4 is 21.9 Å². The fourth-order valence-corrected chi connectivity index (χ4v) is 5.04. The minimum Gasteiger partial charge on any atom is -0.478 e. The highest BCUT2D eigenvalue weighted by atomic mass is 19.1. The Balaban J connectivity index is 1.39. The molecule has 184 valence electrons. The van der Waals surface area contributed by atoms with Crippen LogP contribution in [0, 0.1) is 5.95 Å². The van der Waals surface area contributed by atoms with Gasteiger partial charge in [-0.2, -0.15) is 4.39 Å². The van der Waals surface area contributed by atoms with Gasteiger partial charge in [-0.1, -0.05) is 12.5 Å². The van der Waals surface area contributed by atoms with Crippen molar-refractivity contribution in [3.8, 4) is 17.0 Å². The minimum atomic E-state index is -0.636. The van der Waals surface area contributed by atoms with Crippen LogP contribution in [0.5, 0.6) is 5.88 Å². The Morgan fingerprint density at radius 2 is 1.83 bits per heavy atom. The van der Waals surface area contributed by atoms with E-state index in [9.17, 15) is 9.18 Å². The van der Waals surface area contributed by atoms with Crippen LogP contribution in [0.3, 0.4) is 0 Å². The van der Waals surface area contributed by atoms with Crippen molar-refractivity contribution < 1.29 is 9.13 Å². The number of ether oxygens (including phenoxy) is 1. The van der Waals surface area contributed by atoms with Gasteiger partial charge in [0.15, 0.2) is 0 Å². The molecule has 0 bridgehead atoms. The SMILES string of the molecule is CC(C)n1c(=O)n(C)c2c(F)nc3ccc(-c4ccc(OCCCN5CCCCC5)nc4)cc3c21. The third kappa shape index (κ3) is 4.55. The zero-order valence-electron chi connectivity index (χ0n) is 20.6. The molecular formula is C27H32FN5O2. The maximum Gasteiger partial charge on any atom is 0.329 e. The first-order chi connectivity index (χ1) is 16.9. The first kappa shape index (κ1) is 23.5. The third-order valence-corrected chi connectivity index (χ3v) is 6.86. The molecule has 1 fully saturated rings. The average Bonchev–Trinajstić information content (AvgIpc) is 3.14. The Kier molecular flexibility index (Phi) is 6.56. The quantitative estimate of drug-likeness (QED) is 0.279. The third-order valence-electron chi connectivity index (χ3n) is 6.86. The number of aromatic nitrogens is 4. The Bertz CT molecular complexity index is 1400. The number of aryl methyl sites for hydroxylation is 1. The van der Waals surface area contributed by atoms with Crippen molar-refractivity contribution in [1.29, 1.82) is 0 Å². The zero-order chi connectivity index (χ0) is 24.5. The molecule has 35 heavy (non-hydrogen) atoms. The second-order valence-corrected chi connectivity index (χ2v) is 9.63. The van der Waals surface area contributed by atoms with Crippen LogP contribution in [0.25, 0.3) is 33.1 Å². The maximum atomic E-state index is 14.8. The van der Waals surface area contributed by atoms with E-state index in [1.807, 2.05) is 38.1 Å². The second-order valence-electron chi connectivity index (χ2n) is 9.63. The van der Waals surface area contributed by atoms with Crippen LogP contribution in [-0.4, -0.2) is 50.2 Å². The molecule has 0 atom stereocenters. The molecule has 0 spiro atoms. The predicted octanol–water partition coefficient (Wildman–Crippen LogP) is 4.93. The van der Waals surface area contributed by atoms with Gasteiger partial charge in [-0.15, -0.1) is 0 Å². The van der Waals surface area contributed by atoms with E-state index in [-0.39, 0.29) is 17.2 Å². The van der Waals surface area contributed by atoms with E-state index in [0.29, 0.717) is 23.5 Å². The Labute approximate surface area is 204 Å². The molecule has 1 aromatic carbocycles. The number of fused-ring (bicyclic) bond motifs is 3. The molecule has 0 saturated carbocycles. The largest absolute Gasteiger partial charge is 0.478 e. The summed E-state index contributed by atoms with van der Waals surface area (Å²) in [7, 11) is 1.58. The predicted molar refractivity (Wildman–Crippen MR) is 136 cm³/mol. The summed E-state index contributed by atoms with van der Waals surface area (Å²) in [5.41, 5.74) is 2.89. The summed E-state index contributed by atoms with van der Waals surface area (Å²) >= 11 is 0. The van der Waals surface area contributed by atoms with E-state index in [1.165, 1.54) is 36.9 Å². The Morgan fingerprint density at radius 3 is 2.54 bits per heavy atom. The van der Waals surface area contributed by atoms with Crippen molar-refractivity contribution in [3.63, 3.8) is 0 Å². The van der Waals surface area contributed by atoms with Crippen molar-refractivity contribution in [1.82, 2.24) is 24.0 Å². The molecule has 0 radical (unpaired) electrons. The van der Waals surface area contributed by atoms with Crippen LogP contribution in [0.4, 0.5) is 4.39 Å². The Hall–Kier alpha value is -3.26. The standard InChI is InChI=1S/C27H32FN5O2/c1-18(2)33-24-21-16-19(8-10-22(21)30-26(28)25(24)31(3)27(33)34)20-9-11-23(29-17-20)35-15-7-14-32-12-5-4-6-13-32/h8-11,16-18H,4-7,12-15H2,1-3H3. The smallest absolute Gasteiger partial charge is 0.329 e. The lowest BCUT2D eigenvalue weighted by Gasteiger charge is -2.26. The van der Waals surface area contributed by atoms with Crippen molar-refractivity contribution in [3.05, 3.63) is 53.0 Å². The summed E-state index contributed by atoms with van der Waals surface area (Å²) in [6, 6.07) is 9.39. The number of hydrogen-bond donors (Lipinski definition) is 0. The zero-order valence-corrected chi connectivity index (χ0v) is 20.6. The molecule has 4 heterocycles. The molecule has 0 aliphatic carbocycles. The molecular weight excluding hydrogens is 445 g/mol. The summed E-state index contributed by atoms with van der Waals surface area (Å²) in [5, 5.41) is 0.739. The summed E-state index contributed by atoms with van der Waals surface area (Å²) in [6.07, 6.45) is 6.73. The van der Waals surface area contributed by atoms with E-state index >= 15 is 0 Å². The molecule has 0 N–H and O–H groups in total. The van der Waals surface area contributed by atoms with Crippen LogP contribution in [0.2, 0.25) is 0 Å². The molecule has 5 rings (SSSR count). The van der Waals surface area contributed by atoms with E-state index < -0.39 is 5.95 Å². The fourth-order valence-electron chi connectivity index (χ4n) is 5.04. The van der Waals surface area contributed by atoms with Gasteiger partial charge in [0.05, 0.1) is 17.6 Å². The average molecular weight is 478 g/mol. The number of halogens is 1. The van der Waals surface area contributed by atoms with Gasteiger partial charge in [-0.25, -0.2) is 14.8 Å². The number of imidazole rings is 1. The van der Waals surface area contributed by atoms with Gasteiger partial charge < -0.3 is 9.64 Å². The summed E-state index contributed by atoms with van der Waals surface area (Å²) in [4.78, 5) is 23.9. The van der Waals surface area contributed by atoms with E-state index in [2.05, 4.69) is 14.9 Å². The second kappa shape index (κ2) is 9.77. The molecule has 4 aromatic rings. The number of piperidine rings is 1. The molecule has 8 heteroatoms. The molecule has 1 aliphatic heterocycles. The van der Waals surface area contributed by atoms with E-state index in [4.69, 9.17) is 4.74 Å². The van der Waals surface area contributed by atoms with E-state index in [1.54, 1.807) is 23.9 Å². The Morgan fingerprint density at radius 1 is 1.06 bits per heavy atom. The number of hydrogen-bond acceptors (Lipinski definition) is 5. The van der Waals surface area contributed by atoms with Crippen molar-refractivity contribution in [2.24, 2.45) is 7.05 Å². The van der Waals surface area contributed by atoms with Crippen LogP contribution in [0.15, 0.2) is 41.3 Å². The number of likely N-dealkylation sites (tertiary alicyclic amines) is 1. The van der Waals surface area contributed by atoms with Gasteiger partial charge in [-0.3, -0.25) is 9.13 Å². The van der Waals surface area contributed by atoms with Gasteiger partial charge in [0.1, 0.15) is 5.52 Å². The normalized spacial score (nSPS) is 14.9. The molecule has 3 aromatic heterocycles. The van der Waals surface area contributed by atoms with Gasteiger partial charge in [0, 0.05) is 42.8 Å². The number of nitrogens with zero attached hydrogens (tertiary/aromatic N) is 5.